The van der Waals surface area contributed by atoms with Gasteiger partial charge in [-0.15, -0.1) is 0 Å². The standard InChI is InChI=1S/C19H27N5O2/c1-24(11-17-14-5-3-2-4-6-16(14)22-23-17)19(26)20-13-7-8-15-12(9-13)10-18(25)21-15/h7-9,14,16-17,22-23H,2-6,10-11H2,1H3,(H,20,26)(H,21,25). The van der Waals surface area contributed by atoms with Gasteiger partial charge in [0.15, 0.2) is 0 Å². The summed E-state index contributed by atoms with van der Waals surface area (Å²) < 4.78 is 0. The fourth-order valence-electron chi connectivity index (χ4n) is 4.40. The van der Waals surface area contributed by atoms with Crippen molar-refractivity contribution >= 4 is 23.3 Å². The zero-order valence-corrected chi connectivity index (χ0v) is 15.2. The molecule has 2 fully saturated rings. The van der Waals surface area contributed by atoms with Gasteiger partial charge in [-0.3, -0.25) is 15.6 Å². The molecular formula is C19H27N5O2. The van der Waals surface area contributed by atoms with Crippen molar-refractivity contribution in [2.75, 3.05) is 24.2 Å². The van der Waals surface area contributed by atoms with E-state index in [2.05, 4.69) is 21.5 Å². The number of hydrazine groups is 1. The van der Waals surface area contributed by atoms with Crippen molar-refractivity contribution in [1.29, 1.82) is 0 Å². The highest BCUT2D eigenvalue weighted by molar-refractivity contribution is 6.00. The van der Waals surface area contributed by atoms with Crippen LogP contribution < -0.4 is 21.5 Å². The zero-order valence-electron chi connectivity index (χ0n) is 15.2. The highest BCUT2D eigenvalue weighted by atomic mass is 16.2. The van der Waals surface area contributed by atoms with Crippen LogP contribution in [0.3, 0.4) is 0 Å². The first-order chi connectivity index (χ1) is 12.6. The third kappa shape index (κ3) is 3.54. The molecule has 1 saturated carbocycles. The molecule has 26 heavy (non-hydrogen) atoms. The minimum absolute atomic E-state index is 0.00152. The number of urea groups is 1. The molecule has 4 rings (SSSR count). The monoisotopic (exact) mass is 357 g/mol. The normalized spacial score (nSPS) is 27.3. The number of likely N-dealkylation sites (N-methyl/N-ethyl adjacent to an activating group) is 1. The van der Waals surface area contributed by atoms with Crippen molar-refractivity contribution in [3.8, 4) is 0 Å². The van der Waals surface area contributed by atoms with Crippen LogP contribution in [-0.4, -0.2) is 42.5 Å². The van der Waals surface area contributed by atoms with Crippen LogP contribution in [0.4, 0.5) is 16.2 Å². The van der Waals surface area contributed by atoms with E-state index in [1.54, 1.807) is 4.90 Å². The molecule has 3 amide bonds. The lowest BCUT2D eigenvalue weighted by molar-refractivity contribution is -0.115. The molecule has 4 N–H and O–H groups in total. The second-order valence-corrected chi connectivity index (χ2v) is 7.71. The fraction of sp³-hybridized carbons (Fsp3) is 0.579. The highest BCUT2D eigenvalue weighted by Gasteiger charge is 2.37. The molecule has 7 nitrogen and oxygen atoms in total. The van der Waals surface area contributed by atoms with Crippen molar-refractivity contribution in [2.24, 2.45) is 5.92 Å². The Bertz CT molecular complexity index is 707. The summed E-state index contributed by atoms with van der Waals surface area (Å²) in [6.45, 7) is 0.672. The minimum atomic E-state index is -0.124. The molecule has 3 atom stereocenters. The van der Waals surface area contributed by atoms with Crippen LogP contribution in [0, 0.1) is 5.92 Å². The second kappa shape index (κ2) is 7.25. The summed E-state index contributed by atoms with van der Waals surface area (Å²) in [6.07, 6.45) is 6.68. The fourth-order valence-corrected chi connectivity index (χ4v) is 4.40. The van der Waals surface area contributed by atoms with Crippen molar-refractivity contribution in [3.05, 3.63) is 23.8 Å². The van der Waals surface area contributed by atoms with Crippen LogP contribution in [0.5, 0.6) is 0 Å². The molecule has 7 heteroatoms. The average molecular weight is 357 g/mol. The summed E-state index contributed by atoms with van der Waals surface area (Å²) in [5, 5.41) is 5.75. The predicted octanol–water partition coefficient (Wildman–Crippen LogP) is 2.07. The smallest absolute Gasteiger partial charge is 0.321 e. The number of fused-ring (bicyclic) bond motifs is 2. The Balaban J connectivity index is 1.35. The lowest BCUT2D eigenvalue weighted by Crippen LogP contribution is -2.44. The van der Waals surface area contributed by atoms with Gasteiger partial charge in [0.25, 0.3) is 0 Å². The molecule has 2 heterocycles. The van der Waals surface area contributed by atoms with Crippen LogP contribution >= 0.6 is 0 Å². The topological polar surface area (TPSA) is 85.5 Å². The van der Waals surface area contributed by atoms with E-state index in [0.29, 0.717) is 24.9 Å². The molecule has 2 aliphatic heterocycles. The Morgan fingerprint density at radius 1 is 1.23 bits per heavy atom. The number of carbonyl (C=O) groups excluding carboxylic acids is 2. The van der Waals surface area contributed by atoms with E-state index in [-0.39, 0.29) is 18.0 Å². The largest absolute Gasteiger partial charge is 0.326 e. The Morgan fingerprint density at radius 3 is 2.96 bits per heavy atom. The molecule has 0 aromatic heterocycles. The number of carbonyl (C=O) groups is 2. The maximum Gasteiger partial charge on any atom is 0.321 e. The Labute approximate surface area is 153 Å². The molecule has 1 aromatic rings. The highest BCUT2D eigenvalue weighted by Crippen LogP contribution is 2.29. The van der Waals surface area contributed by atoms with Crippen molar-refractivity contribution in [2.45, 2.75) is 50.6 Å². The second-order valence-electron chi connectivity index (χ2n) is 7.71. The third-order valence-corrected chi connectivity index (χ3v) is 5.84. The van der Waals surface area contributed by atoms with Crippen molar-refractivity contribution < 1.29 is 9.59 Å². The summed E-state index contributed by atoms with van der Waals surface area (Å²) in [7, 11) is 1.83. The first kappa shape index (κ1) is 17.3. The molecule has 0 bridgehead atoms. The first-order valence-electron chi connectivity index (χ1n) is 9.56. The van der Waals surface area contributed by atoms with E-state index < -0.39 is 0 Å². The lowest BCUT2D eigenvalue weighted by Gasteiger charge is -2.26. The van der Waals surface area contributed by atoms with E-state index in [1.165, 1.54) is 32.1 Å². The van der Waals surface area contributed by atoms with E-state index in [9.17, 15) is 9.59 Å². The summed E-state index contributed by atoms with van der Waals surface area (Å²) in [5.74, 6) is 0.586. The Morgan fingerprint density at radius 2 is 2.08 bits per heavy atom. The van der Waals surface area contributed by atoms with Crippen LogP contribution in [0.25, 0.3) is 0 Å². The van der Waals surface area contributed by atoms with E-state index in [4.69, 9.17) is 0 Å². The summed E-state index contributed by atoms with van der Waals surface area (Å²) in [4.78, 5) is 25.8. The molecule has 0 radical (unpaired) electrons. The molecule has 140 valence electrons. The molecule has 3 unspecified atom stereocenters. The van der Waals surface area contributed by atoms with Gasteiger partial charge < -0.3 is 15.5 Å². The quantitative estimate of drug-likeness (QED) is 0.667. The molecule has 1 aliphatic carbocycles. The molecule has 1 aromatic carbocycles. The van der Waals surface area contributed by atoms with Gasteiger partial charge in [-0.05, 0) is 42.5 Å². The number of benzene rings is 1. The van der Waals surface area contributed by atoms with Gasteiger partial charge in [-0.25, -0.2) is 4.79 Å². The summed E-state index contributed by atoms with van der Waals surface area (Å²) in [5.41, 5.74) is 9.31. The van der Waals surface area contributed by atoms with Gasteiger partial charge in [0, 0.05) is 37.1 Å². The van der Waals surface area contributed by atoms with Crippen LogP contribution in [-0.2, 0) is 11.2 Å². The number of amides is 3. The molecule has 0 spiro atoms. The maximum atomic E-state index is 12.6. The predicted molar refractivity (Wildman–Crippen MR) is 101 cm³/mol. The molecular weight excluding hydrogens is 330 g/mol. The van der Waals surface area contributed by atoms with Gasteiger partial charge in [-0.2, -0.15) is 0 Å². The van der Waals surface area contributed by atoms with Gasteiger partial charge in [0.1, 0.15) is 0 Å². The van der Waals surface area contributed by atoms with Gasteiger partial charge in [-0.1, -0.05) is 19.3 Å². The lowest BCUT2D eigenvalue weighted by atomic mass is 9.90. The van der Waals surface area contributed by atoms with E-state index in [0.717, 1.165) is 16.9 Å². The van der Waals surface area contributed by atoms with Crippen LogP contribution in [0.2, 0.25) is 0 Å². The van der Waals surface area contributed by atoms with E-state index in [1.807, 2.05) is 25.2 Å². The van der Waals surface area contributed by atoms with Gasteiger partial charge in [0.2, 0.25) is 5.91 Å². The van der Waals surface area contributed by atoms with Crippen LogP contribution in [0.15, 0.2) is 18.2 Å². The summed E-state index contributed by atoms with van der Waals surface area (Å²) >= 11 is 0. The SMILES string of the molecule is CN(CC1NNC2CCCCCC21)C(=O)Nc1ccc2c(c1)CC(=O)N2. The number of rotatable bonds is 3. The van der Waals surface area contributed by atoms with E-state index >= 15 is 0 Å². The van der Waals surface area contributed by atoms with Gasteiger partial charge in [0.05, 0.1) is 6.42 Å². The number of hydrogen-bond acceptors (Lipinski definition) is 4. The first-order valence-corrected chi connectivity index (χ1v) is 9.56. The maximum absolute atomic E-state index is 12.6. The third-order valence-electron chi connectivity index (χ3n) is 5.84. The number of hydrogen-bond donors (Lipinski definition) is 4. The number of anilines is 2. The Kier molecular flexibility index (Phi) is 4.82. The number of nitrogens with zero attached hydrogens (tertiary/aromatic N) is 1. The van der Waals surface area contributed by atoms with Gasteiger partial charge >= 0.3 is 6.03 Å². The summed E-state index contributed by atoms with van der Waals surface area (Å²) in [6, 6.07) is 6.23. The zero-order chi connectivity index (χ0) is 18.1. The number of nitrogens with one attached hydrogen (secondary N) is 4. The molecule has 1 saturated heterocycles. The molecule has 3 aliphatic rings. The minimum Gasteiger partial charge on any atom is -0.326 e. The van der Waals surface area contributed by atoms with Crippen molar-refractivity contribution in [1.82, 2.24) is 15.8 Å². The average Bonchev–Trinajstić information content (AvgIpc) is 3.07. The van der Waals surface area contributed by atoms with Crippen LogP contribution in [0.1, 0.15) is 37.7 Å². The Hall–Kier alpha value is -2.12. The van der Waals surface area contributed by atoms with Crippen molar-refractivity contribution in [3.63, 3.8) is 0 Å².